The van der Waals surface area contributed by atoms with E-state index in [1.165, 1.54) is 6.42 Å². The lowest BCUT2D eigenvalue weighted by molar-refractivity contribution is -0.157. The first-order valence-electron chi connectivity index (χ1n) is 8.15. The van der Waals surface area contributed by atoms with Gasteiger partial charge in [-0.2, -0.15) is 0 Å². The Bertz CT molecular complexity index is 416. The number of piperazine rings is 1. The molecule has 0 N–H and O–H groups in total. The number of nitrogens with zero attached hydrogens (tertiary/aromatic N) is 2. The molecule has 0 aromatic rings. The van der Waals surface area contributed by atoms with Gasteiger partial charge in [0.1, 0.15) is 0 Å². The molecular weight excluding hydrogens is 272 g/mol. The molecule has 0 aromatic carbocycles. The Morgan fingerprint density at radius 2 is 1.65 bits per heavy atom. The quantitative estimate of drug-likeness (QED) is 0.694. The highest BCUT2D eigenvalue weighted by molar-refractivity contribution is 6.24. The van der Waals surface area contributed by atoms with Crippen LogP contribution in [0.15, 0.2) is 0 Å². The summed E-state index contributed by atoms with van der Waals surface area (Å²) in [7, 11) is 2.14. The first-order chi connectivity index (χ1) is 9.48. The molecule has 3 nitrogen and oxygen atoms in total. The number of hydrogen-bond acceptors (Lipinski definition) is 2. The van der Waals surface area contributed by atoms with Gasteiger partial charge < -0.3 is 9.80 Å². The molecule has 2 atom stereocenters. The van der Waals surface area contributed by atoms with Crippen molar-refractivity contribution in [3.05, 3.63) is 0 Å². The van der Waals surface area contributed by atoms with E-state index in [1.807, 2.05) is 0 Å². The lowest BCUT2D eigenvalue weighted by atomic mass is 9.49. The highest BCUT2D eigenvalue weighted by Crippen LogP contribution is 2.64. The molecule has 1 aliphatic heterocycles. The molecule has 1 saturated heterocycles. The van der Waals surface area contributed by atoms with Gasteiger partial charge in [0.25, 0.3) is 0 Å². The van der Waals surface area contributed by atoms with E-state index in [9.17, 15) is 4.79 Å². The minimum Gasteiger partial charge on any atom is -0.340 e. The van der Waals surface area contributed by atoms with E-state index in [4.69, 9.17) is 11.6 Å². The number of alkyl halides is 1. The second-order valence-corrected chi connectivity index (χ2v) is 8.79. The normalized spacial score (nSPS) is 47.8. The number of hydrogen-bond donors (Lipinski definition) is 0. The average molecular weight is 297 g/mol. The maximum atomic E-state index is 13.1. The Labute approximate surface area is 126 Å². The molecule has 4 heteroatoms. The maximum Gasteiger partial charge on any atom is 0.228 e. The number of carbonyl (C=O) groups excluding carboxylic acids is 1. The summed E-state index contributed by atoms with van der Waals surface area (Å²) >= 11 is 6.85. The van der Waals surface area contributed by atoms with Crippen LogP contribution in [0.2, 0.25) is 0 Å². The van der Waals surface area contributed by atoms with Gasteiger partial charge in [0.2, 0.25) is 5.91 Å². The van der Waals surface area contributed by atoms with Crippen molar-refractivity contribution in [1.82, 2.24) is 9.80 Å². The van der Waals surface area contributed by atoms with Gasteiger partial charge in [0.15, 0.2) is 0 Å². The molecule has 20 heavy (non-hydrogen) atoms. The SMILES string of the molecule is CN1CCN(C(=O)C23C[C@H]4C[C@@H](CC(Cl)(C4)C2)C3)CC1. The van der Waals surface area contributed by atoms with E-state index in [0.29, 0.717) is 17.7 Å². The van der Waals surface area contributed by atoms with E-state index in [1.54, 1.807) is 0 Å². The predicted molar refractivity (Wildman–Crippen MR) is 79.8 cm³/mol. The van der Waals surface area contributed by atoms with Crippen LogP contribution >= 0.6 is 11.6 Å². The summed E-state index contributed by atoms with van der Waals surface area (Å²) in [4.78, 5) is 17.5. The Morgan fingerprint density at radius 1 is 1.05 bits per heavy atom. The third-order valence-corrected chi connectivity index (χ3v) is 6.68. The van der Waals surface area contributed by atoms with Crippen molar-refractivity contribution in [3.63, 3.8) is 0 Å². The first-order valence-corrected chi connectivity index (χ1v) is 8.53. The Morgan fingerprint density at radius 3 is 2.20 bits per heavy atom. The van der Waals surface area contributed by atoms with Crippen molar-refractivity contribution in [1.29, 1.82) is 0 Å². The number of carbonyl (C=O) groups is 1. The zero-order valence-corrected chi connectivity index (χ0v) is 13.2. The third kappa shape index (κ3) is 2.00. The number of likely N-dealkylation sites (N-methyl/N-ethyl adjacent to an activating group) is 1. The highest BCUT2D eigenvalue weighted by Gasteiger charge is 2.60. The average Bonchev–Trinajstić information content (AvgIpc) is 2.36. The minimum atomic E-state index is -0.0955. The molecular formula is C16H25ClN2O. The monoisotopic (exact) mass is 296 g/mol. The van der Waals surface area contributed by atoms with Crippen LogP contribution in [0, 0.1) is 17.3 Å². The fourth-order valence-corrected chi connectivity index (χ4v) is 6.44. The smallest absolute Gasteiger partial charge is 0.228 e. The fraction of sp³-hybridized carbons (Fsp3) is 0.938. The number of halogens is 1. The van der Waals surface area contributed by atoms with Crippen LogP contribution in [-0.2, 0) is 4.79 Å². The molecule has 0 radical (unpaired) electrons. The third-order valence-electron chi connectivity index (χ3n) is 6.23. The van der Waals surface area contributed by atoms with Gasteiger partial charge in [-0.3, -0.25) is 4.79 Å². The zero-order valence-electron chi connectivity index (χ0n) is 12.4. The van der Waals surface area contributed by atoms with Gasteiger partial charge in [-0.1, -0.05) is 0 Å². The molecule has 5 rings (SSSR count). The second kappa shape index (κ2) is 4.36. The second-order valence-electron chi connectivity index (χ2n) is 7.99. The summed E-state index contributed by atoms with van der Waals surface area (Å²) in [5.74, 6) is 1.86. The standard InChI is InChI=1S/C16H25ClN2O/c1-18-2-4-19(5-3-18)14(20)15-7-12-6-13(8-15)10-16(17,9-12)11-15/h12-13H,2-11H2,1H3/t12-,13-,15?,16?/m1/s1. The molecule has 0 unspecified atom stereocenters. The maximum absolute atomic E-state index is 13.1. The van der Waals surface area contributed by atoms with E-state index in [-0.39, 0.29) is 10.3 Å². The van der Waals surface area contributed by atoms with E-state index >= 15 is 0 Å². The van der Waals surface area contributed by atoms with Crippen molar-refractivity contribution in [2.75, 3.05) is 33.2 Å². The summed E-state index contributed by atoms with van der Waals surface area (Å²) in [5, 5.41) is 0. The van der Waals surface area contributed by atoms with Gasteiger partial charge in [0.05, 0.1) is 5.41 Å². The first kappa shape index (κ1) is 13.4. The Kier molecular flexibility index (Phi) is 2.92. The molecule has 0 spiro atoms. The van der Waals surface area contributed by atoms with Gasteiger partial charge in [-0.15, -0.1) is 11.6 Å². The summed E-state index contributed by atoms with van der Waals surface area (Å²) < 4.78 is 0. The summed E-state index contributed by atoms with van der Waals surface area (Å²) in [5.41, 5.74) is -0.0955. The molecule has 5 aliphatic rings. The number of amides is 1. The van der Waals surface area contributed by atoms with Gasteiger partial charge in [-0.05, 0) is 57.4 Å². The van der Waals surface area contributed by atoms with Crippen LogP contribution in [0.4, 0.5) is 0 Å². The zero-order chi connectivity index (χ0) is 14.0. The summed E-state index contributed by atoms with van der Waals surface area (Å²) in [6, 6.07) is 0. The van der Waals surface area contributed by atoms with Crippen LogP contribution in [0.25, 0.3) is 0 Å². The van der Waals surface area contributed by atoms with Gasteiger partial charge in [0, 0.05) is 31.1 Å². The molecule has 4 saturated carbocycles. The van der Waals surface area contributed by atoms with Crippen molar-refractivity contribution in [2.24, 2.45) is 17.3 Å². The van der Waals surface area contributed by atoms with Crippen LogP contribution in [-0.4, -0.2) is 53.8 Å². The topological polar surface area (TPSA) is 23.6 Å². The van der Waals surface area contributed by atoms with E-state index in [2.05, 4.69) is 16.8 Å². The van der Waals surface area contributed by atoms with Crippen molar-refractivity contribution < 1.29 is 4.79 Å². The fourth-order valence-electron chi connectivity index (χ4n) is 5.75. The van der Waals surface area contributed by atoms with Crippen molar-refractivity contribution in [3.8, 4) is 0 Å². The molecule has 1 heterocycles. The van der Waals surface area contributed by atoms with E-state index < -0.39 is 0 Å². The summed E-state index contributed by atoms with van der Waals surface area (Å²) in [6.07, 6.45) is 6.81. The number of rotatable bonds is 1. The molecule has 4 bridgehead atoms. The van der Waals surface area contributed by atoms with Crippen molar-refractivity contribution in [2.45, 2.75) is 43.4 Å². The molecule has 112 valence electrons. The van der Waals surface area contributed by atoms with Gasteiger partial charge in [-0.25, -0.2) is 0 Å². The molecule has 0 aromatic heterocycles. The molecule has 1 amide bonds. The largest absolute Gasteiger partial charge is 0.340 e. The highest BCUT2D eigenvalue weighted by atomic mass is 35.5. The van der Waals surface area contributed by atoms with Crippen LogP contribution < -0.4 is 0 Å². The van der Waals surface area contributed by atoms with Crippen LogP contribution in [0.5, 0.6) is 0 Å². The predicted octanol–water partition coefficient (Wildman–Crippen LogP) is 2.34. The Hall–Kier alpha value is -0.280. The van der Waals surface area contributed by atoms with E-state index in [0.717, 1.165) is 58.3 Å². The van der Waals surface area contributed by atoms with Crippen molar-refractivity contribution >= 4 is 17.5 Å². The molecule has 4 aliphatic carbocycles. The van der Waals surface area contributed by atoms with Gasteiger partial charge >= 0.3 is 0 Å². The Balaban J connectivity index is 1.56. The lowest BCUT2D eigenvalue weighted by Gasteiger charge is -2.60. The summed E-state index contributed by atoms with van der Waals surface area (Å²) in [6.45, 7) is 3.84. The van der Waals surface area contributed by atoms with Crippen LogP contribution in [0.1, 0.15) is 38.5 Å². The van der Waals surface area contributed by atoms with Crippen LogP contribution in [0.3, 0.4) is 0 Å². The lowest BCUT2D eigenvalue weighted by Crippen LogP contribution is -2.61. The minimum absolute atomic E-state index is 0.0493. The molecule has 5 fully saturated rings.